The fourth-order valence-electron chi connectivity index (χ4n) is 4.54. The van der Waals surface area contributed by atoms with Crippen molar-refractivity contribution in [1.29, 1.82) is 0 Å². The normalized spacial score (nSPS) is 15.0. The monoisotopic (exact) mass is 523 g/mol. The second-order valence-electron chi connectivity index (χ2n) is 8.93. The molecule has 8 nitrogen and oxygen atoms in total. The van der Waals surface area contributed by atoms with Gasteiger partial charge in [0.2, 0.25) is 0 Å². The van der Waals surface area contributed by atoms with Gasteiger partial charge in [0.25, 0.3) is 15.9 Å². The number of methoxy groups -OCH3 is 2. The van der Waals surface area contributed by atoms with Gasteiger partial charge < -0.3 is 14.8 Å². The molecule has 37 heavy (non-hydrogen) atoms. The number of rotatable bonds is 10. The van der Waals surface area contributed by atoms with Gasteiger partial charge >= 0.3 is 0 Å². The fraction of sp³-hybridized carbons (Fsp3) is 0.321. The molecule has 0 radical (unpaired) electrons. The lowest BCUT2D eigenvalue weighted by Gasteiger charge is -2.35. The van der Waals surface area contributed by atoms with Crippen molar-refractivity contribution in [2.45, 2.75) is 30.2 Å². The van der Waals surface area contributed by atoms with Crippen LogP contribution in [0.1, 0.15) is 41.2 Å². The number of carbonyl (C=O) groups is 1. The lowest BCUT2D eigenvalue weighted by molar-refractivity contribution is 0.0924. The van der Waals surface area contributed by atoms with Gasteiger partial charge in [0.1, 0.15) is 11.5 Å². The van der Waals surface area contributed by atoms with E-state index in [2.05, 4.69) is 14.9 Å². The molecule has 0 aliphatic carbocycles. The van der Waals surface area contributed by atoms with E-state index in [9.17, 15) is 13.2 Å². The second-order valence-corrected chi connectivity index (χ2v) is 10.6. The Morgan fingerprint density at radius 1 is 0.919 bits per heavy atom. The smallest absolute Gasteiger partial charge is 0.262 e. The van der Waals surface area contributed by atoms with Crippen molar-refractivity contribution in [1.82, 2.24) is 10.2 Å². The first-order valence-corrected chi connectivity index (χ1v) is 13.8. The topological polar surface area (TPSA) is 97.0 Å². The quantitative estimate of drug-likeness (QED) is 0.407. The van der Waals surface area contributed by atoms with E-state index < -0.39 is 10.0 Å². The number of ether oxygens (including phenoxy) is 2. The Labute approximate surface area is 218 Å². The van der Waals surface area contributed by atoms with Crippen LogP contribution in [-0.2, 0) is 10.0 Å². The number of carbonyl (C=O) groups excluding carboxylic acids is 1. The molecule has 0 aromatic heterocycles. The largest absolute Gasteiger partial charge is 0.497 e. The van der Waals surface area contributed by atoms with Gasteiger partial charge in [-0.3, -0.25) is 14.4 Å². The first kappa shape index (κ1) is 26.5. The van der Waals surface area contributed by atoms with E-state index in [4.69, 9.17) is 9.47 Å². The van der Waals surface area contributed by atoms with Gasteiger partial charge in [-0.25, -0.2) is 8.42 Å². The van der Waals surface area contributed by atoms with E-state index in [1.165, 1.54) is 25.7 Å². The Bertz CT molecular complexity index is 1310. The van der Waals surface area contributed by atoms with Crippen molar-refractivity contribution in [3.05, 3.63) is 83.9 Å². The number of nitrogens with zero attached hydrogens (tertiary/aromatic N) is 1. The van der Waals surface area contributed by atoms with Crippen molar-refractivity contribution in [3.8, 4) is 11.5 Å². The van der Waals surface area contributed by atoms with E-state index in [0.717, 1.165) is 37.2 Å². The van der Waals surface area contributed by atoms with E-state index in [-0.39, 0.29) is 22.4 Å². The maximum Gasteiger partial charge on any atom is 0.262 e. The summed E-state index contributed by atoms with van der Waals surface area (Å²) in [4.78, 5) is 15.5. The Morgan fingerprint density at radius 2 is 1.65 bits per heavy atom. The molecular formula is C28H33N3O5S. The van der Waals surface area contributed by atoms with Gasteiger partial charge in [-0.1, -0.05) is 36.8 Å². The van der Waals surface area contributed by atoms with Gasteiger partial charge in [0, 0.05) is 12.1 Å². The van der Waals surface area contributed by atoms with Gasteiger partial charge in [-0.15, -0.1) is 0 Å². The van der Waals surface area contributed by atoms with Gasteiger partial charge in [-0.2, -0.15) is 0 Å². The molecule has 0 spiro atoms. The number of hydrogen-bond donors (Lipinski definition) is 2. The van der Waals surface area contributed by atoms with Gasteiger partial charge in [-0.05, 0) is 74.0 Å². The molecule has 1 heterocycles. The standard InChI is InChI=1S/C28H33N3O5S/c1-35-23-15-13-21(14-16-23)26(31-17-6-3-7-18-31)20-29-28(32)22-9-8-10-24(19-22)37(33,34)30-25-11-4-5-12-27(25)36-2/h4-5,8-16,19,26,30H,3,6-7,17-18,20H2,1-2H3,(H,29,32)/t26-/m1/s1. The summed E-state index contributed by atoms with van der Waals surface area (Å²) < 4.78 is 39.2. The van der Waals surface area contributed by atoms with E-state index >= 15 is 0 Å². The van der Waals surface area contributed by atoms with Crippen LogP contribution in [0.25, 0.3) is 0 Å². The van der Waals surface area contributed by atoms with E-state index in [1.807, 2.05) is 24.3 Å². The van der Waals surface area contributed by atoms with Crippen LogP contribution < -0.4 is 19.5 Å². The highest BCUT2D eigenvalue weighted by atomic mass is 32.2. The van der Waals surface area contributed by atoms with Crippen molar-refractivity contribution in [3.63, 3.8) is 0 Å². The number of amides is 1. The highest BCUT2D eigenvalue weighted by molar-refractivity contribution is 7.92. The predicted molar refractivity (Wildman–Crippen MR) is 144 cm³/mol. The van der Waals surface area contributed by atoms with Crippen LogP contribution in [0.15, 0.2) is 77.7 Å². The van der Waals surface area contributed by atoms with Crippen molar-refractivity contribution in [2.75, 3.05) is 38.6 Å². The molecule has 3 aromatic rings. The number of benzene rings is 3. The van der Waals surface area contributed by atoms with E-state index in [0.29, 0.717) is 18.0 Å². The molecule has 0 bridgehead atoms. The maximum absolute atomic E-state index is 13.1. The van der Waals surface area contributed by atoms with Crippen LogP contribution in [0.3, 0.4) is 0 Å². The van der Waals surface area contributed by atoms with Crippen LogP contribution in [0, 0.1) is 0 Å². The number of likely N-dealkylation sites (tertiary alicyclic amines) is 1. The highest BCUT2D eigenvalue weighted by Gasteiger charge is 2.24. The van der Waals surface area contributed by atoms with Crippen LogP contribution in [-0.4, -0.2) is 53.1 Å². The maximum atomic E-state index is 13.1. The summed E-state index contributed by atoms with van der Waals surface area (Å²) in [5.41, 5.74) is 1.69. The minimum absolute atomic E-state index is 0.00575. The van der Waals surface area contributed by atoms with Crippen LogP contribution >= 0.6 is 0 Å². The molecule has 1 amide bonds. The fourth-order valence-corrected chi connectivity index (χ4v) is 5.66. The zero-order valence-electron chi connectivity index (χ0n) is 21.1. The molecule has 9 heteroatoms. The molecule has 1 aliphatic heterocycles. The van der Waals surface area contributed by atoms with Gasteiger partial charge in [0.15, 0.2) is 0 Å². The molecule has 1 saturated heterocycles. The number of anilines is 1. The third kappa shape index (κ3) is 6.61. The number of nitrogens with one attached hydrogen (secondary N) is 2. The van der Waals surface area contributed by atoms with Crippen molar-refractivity contribution in [2.24, 2.45) is 0 Å². The molecule has 2 N–H and O–H groups in total. The minimum atomic E-state index is -3.93. The lowest BCUT2D eigenvalue weighted by Crippen LogP contribution is -2.40. The van der Waals surface area contributed by atoms with E-state index in [1.54, 1.807) is 43.5 Å². The Balaban J connectivity index is 1.49. The molecule has 1 atom stereocenters. The second kappa shape index (κ2) is 12.1. The third-order valence-corrected chi connectivity index (χ3v) is 7.91. The Kier molecular flexibility index (Phi) is 8.68. The summed E-state index contributed by atoms with van der Waals surface area (Å²) in [6, 6.07) is 20.7. The molecule has 0 unspecified atom stereocenters. The molecule has 196 valence electrons. The first-order chi connectivity index (χ1) is 17.9. The molecule has 4 rings (SSSR count). The molecule has 1 fully saturated rings. The molecule has 3 aromatic carbocycles. The molecule has 1 aliphatic rings. The summed E-state index contributed by atoms with van der Waals surface area (Å²) in [5, 5.41) is 3.02. The van der Waals surface area contributed by atoms with Crippen LogP contribution in [0.5, 0.6) is 11.5 Å². The zero-order valence-corrected chi connectivity index (χ0v) is 22.0. The van der Waals surface area contributed by atoms with Crippen molar-refractivity contribution >= 4 is 21.6 Å². The summed E-state index contributed by atoms with van der Waals surface area (Å²) in [5.74, 6) is 0.858. The molecule has 0 saturated carbocycles. The third-order valence-electron chi connectivity index (χ3n) is 6.55. The zero-order chi connectivity index (χ0) is 26.3. The minimum Gasteiger partial charge on any atom is -0.497 e. The average Bonchev–Trinajstić information content (AvgIpc) is 2.94. The Morgan fingerprint density at radius 3 is 2.35 bits per heavy atom. The van der Waals surface area contributed by atoms with Crippen LogP contribution in [0.4, 0.5) is 5.69 Å². The number of piperidine rings is 1. The number of sulfonamides is 1. The summed E-state index contributed by atoms with van der Waals surface area (Å²) in [6.07, 6.45) is 3.46. The summed E-state index contributed by atoms with van der Waals surface area (Å²) in [7, 11) is -0.820. The van der Waals surface area contributed by atoms with Gasteiger partial charge in [0.05, 0.1) is 30.8 Å². The Hall–Kier alpha value is -3.56. The number of hydrogen-bond acceptors (Lipinski definition) is 6. The number of para-hydroxylation sites is 2. The average molecular weight is 524 g/mol. The van der Waals surface area contributed by atoms with Crippen LogP contribution in [0.2, 0.25) is 0 Å². The molecular weight excluding hydrogens is 490 g/mol. The summed E-state index contributed by atoms with van der Waals surface area (Å²) in [6.45, 7) is 2.34. The SMILES string of the molecule is COc1ccc([C@@H](CNC(=O)c2cccc(S(=O)(=O)Nc3ccccc3OC)c2)N2CCCCC2)cc1. The predicted octanol–water partition coefficient (Wildman–Crippen LogP) is 4.46. The highest BCUT2D eigenvalue weighted by Crippen LogP contribution is 2.27. The first-order valence-electron chi connectivity index (χ1n) is 12.3. The summed E-state index contributed by atoms with van der Waals surface area (Å²) >= 11 is 0. The lowest BCUT2D eigenvalue weighted by atomic mass is 10.0. The van der Waals surface area contributed by atoms with Crippen molar-refractivity contribution < 1.29 is 22.7 Å².